The normalized spacial score (nSPS) is 10.6. The molecule has 0 amide bonds. The molecule has 2 aromatic rings. The van der Waals surface area contributed by atoms with Crippen LogP contribution in [0.2, 0.25) is 0 Å². The Balaban J connectivity index is 2.28. The van der Waals surface area contributed by atoms with E-state index in [4.69, 9.17) is 11.1 Å². The molecule has 0 aliphatic carbocycles. The summed E-state index contributed by atoms with van der Waals surface area (Å²) in [6.07, 6.45) is 0. The van der Waals surface area contributed by atoms with Crippen molar-refractivity contribution < 1.29 is 0 Å². The van der Waals surface area contributed by atoms with Crippen molar-refractivity contribution in [2.75, 3.05) is 0 Å². The lowest BCUT2D eigenvalue weighted by molar-refractivity contribution is 0.765. The van der Waals surface area contributed by atoms with E-state index in [1.165, 1.54) is 11.8 Å². The number of nitrogens with two attached hydrogens (primary N) is 1. The minimum Gasteiger partial charge on any atom is -0.384 e. The summed E-state index contributed by atoms with van der Waals surface area (Å²) in [5.41, 5.74) is 6.15. The molecule has 18 heavy (non-hydrogen) atoms. The predicted octanol–water partition coefficient (Wildman–Crippen LogP) is 2.32. The molecule has 0 fully saturated rings. The quantitative estimate of drug-likeness (QED) is 0.670. The summed E-state index contributed by atoms with van der Waals surface area (Å²) in [4.78, 5) is 1.02. The number of halogens is 1. The largest absolute Gasteiger partial charge is 0.384 e. The van der Waals surface area contributed by atoms with Crippen LogP contribution in [0.4, 0.5) is 0 Å². The van der Waals surface area contributed by atoms with E-state index in [1.54, 1.807) is 0 Å². The second-order valence-electron chi connectivity index (χ2n) is 3.75. The lowest BCUT2D eigenvalue weighted by Gasteiger charge is -2.05. The molecule has 2 rings (SSSR count). The van der Waals surface area contributed by atoms with Gasteiger partial charge in [-0.1, -0.05) is 0 Å². The van der Waals surface area contributed by atoms with E-state index >= 15 is 0 Å². The maximum atomic E-state index is 7.42. The van der Waals surface area contributed by atoms with E-state index < -0.39 is 0 Å². The number of nitrogens with one attached hydrogen (secondary N) is 1. The molecular formula is C11H12BrN5S. The van der Waals surface area contributed by atoms with Crippen LogP contribution in [0.25, 0.3) is 0 Å². The van der Waals surface area contributed by atoms with Crippen LogP contribution in [0.15, 0.2) is 32.7 Å². The predicted molar refractivity (Wildman–Crippen MR) is 75.0 cm³/mol. The highest BCUT2D eigenvalue weighted by Gasteiger charge is 2.09. The number of nitrogens with zero attached hydrogens (tertiary/aromatic N) is 3. The smallest absolute Gasteiger partial charge is 0.195 e. The summed E-state index contributed by atoms with van der Waals surface area (Å²) in [5.74, 6) is 0.921. The van der Waals surface area contributed by atoms with Crippen molar-refractivity contribution in [3.8, 4) is 0 Å². The molecule has 0 atom stereocenters. The second-order valence-corrected chi connectivity index (χ2v) is 5.64. The Labute approximate surface area is 117 Å². The first kappa shape index (κ1) is 13.1. The highest BCUT2D eigenvalue weighted by Crippen LogP contribution is 2.29. The van der Waals surface area contributed by atoms with E-state index in [0.29, 0.717) is 5.56 Å². The first-order valence-corrected chi connectivity index (χ1v) is 6.78. The van der Waals surface area contributed by atoms with Crippen molar-refractivity contribution in [1.29, 1.82) is 5.41 Å². The van der Waals surface area contributed by atoms with Crippen LogP contribution in [-0.2, 0) is 7.05 Å². The monoisotopic (exact) mass is 325 g/mol. The van der Waals surface area contributed by atoms with E-state index in [0.717, 1.165) is 20.3 Å². The molecule has 1 aromatic heterocycles. The number of hydrogen-bond acceptors (Lipinski definition) is 4. The van der Waals surface area contributed by atoms with Crippen LogP contribution in [-0.4, -0.2) is 20.6 Å². The molecule has 0 unspecified atom stereocenters. The Kier molecular flexibility index (Phi) is 3.72. The maximum Gasteiger partial charge on any atom is 0.195 e. The molecule has 0 spiro atoms. The molecular weight excluding hydrogens is 314 g/mol. The van der Waals surface area contributed by atoms with Gasteiger partial charge in [-0.05, 0) is 52.8 Å². The molecule has 5 nitrogen and oxygen atoms in total. The lowest BCUT2D eigenvalue weighted by atomic mass is 10.2. The van der Waals surface area contributed by atoms with Crippen molar-refractivity contribution >= 4 is 33.5 Å². The van der Waals surface area contributed by atoms with Gasteiger partial charge in [0.2, 0.25) is 0 Å². The van der Waals surface area contributed by atoms with Crippen LogP contribution < -0.4 is 5.73 Å². The number of hydrogen-bond donors (Lipinski definition) is 2. The van der Waals surface area contributed by atoms with Crippen LogP contribution in [0.3, 0.4) is 0 Å². The van der Waals surface area contributed by atoms with Gasteiger partial charge in [0, 0.05) is 22.0 Å². The van der Waals surface area contributed by atoms with Crippen LogP contribution in [0, 0.1) is 12.3 Å². The minimum atomic E-state index is 0.0490. The standard InChI is InChI=1S/C11H12BrN5S/c1-6-15-16-11(17(6)2)18-7-3-4-8(10(13)14)9(12)5-7/h3-5H,1-2H3,(H3,13,14). The number of benzene rings is 1. The van der Waals surface area contributed by atoms with E-state index in [-0.39, 0.29) is 5.84 Å². The fraction of sp³-hybridized carbons (Fsp3) is 0.182. The van der Waals surface area contributed by atoms with Crippen molar-refractivity contribution in [3.63, 3.8) is 0 Å². The molecule has 1 heterocycles. The van der Waals surface area contributed by atoms with Gasteiger partial charge in [0.1, 0.15) is 11.7 Å². The summed E-state index contributed by atoms with van der Waals surface area (Å²) in [7, 11) is 1.93. The van der Waals surface area contributed by atoms with Crippen LogP contribution in [0.1, 0.15) is 11.4 Å². The second kappa shape index (κ2) is 5.11. The molecule has 1 aromatic carbocycles. The van der Waals surface area contributed by atoms with Crippen LogP contribution >= 0.6 is 27.7 Å². The van der Waals surface area contributed by atoms with Crippen molar-refractivity contribution in [2.24, 2.45) is 12.8 Å². The first-order chi connectivity index (χ1) is 8.49. The number of amidine groups is 1. The molecule has 3 N–H and O–H groups in total. The first-order valence-electron chi connectivity index (χ1n) is 5.17. The Hall–Kier alpha value is -1.34. The van der Waals surface area contributed by atoms with Gasteiger partial charge in [-0.15, -0.1) is 10.2 Å². The molecule has 0 saturated carbocycles. The fourth-order valence-corrected chi connectivity index (χ4v) is 2.98. The molecule has 94 valence electrons. The Morgan fingerprint density at radius 2 is 2.17 bits per heavy atom. The van der Waals surface area contributed by atoms with Gasteiger partial charge >= 0.3 is 0 Å². The summed E-state index contributed by atoms with van der Waals surface area (Å²) >= 11 is 4.93. The van der Waals surface area contributed by atoms with E-state index in [9.17, 15) is 0 Å². The number of aromatic nitrogens is 3. The van der Waals surface area contributed by atoms with E-state index in [2.05, 4.69) is 26.1 Å². The maximum absolute atomic E-state index is 7.42. The fourth-order valence-electron chi connectivity index (χ4n) is 1.36. The third-order valence-corrected chi connectivity index (χ3v) is 4.18. The Morgan fingerprint density at radius 1 is 1.44 bits per heavy atom. The molecule has 0 radical (unpaired) electrons. The lowest BCUT2D eigenvalue weighted by Crippen LogP contribution is -2.11. The average Bonchev–Trinajstić information content (AvgIpc) is 2.61. The van der Waals surface area contributed by atoms with Crippen molar-refractivity contribution in [3.05, 3.63) is 34.1 Å². The summed E-state index contributed by atoms with van der Waals surface area (Å²) < 4.78 is 2.73. The van der Waals surface area contributed by atoms with Crippen molar-refractivity contribution in [2.45, 2.75) is 17.0 Å². The van der Waals surface area contributed by atoms with Crippen LogP contribution in [0.5, 0.6) is 0 Å². The Bertz CT molecular complexity index is 607. The molecule has 0 saturated heterocycles. The average molecular weight is 326 g/mol. The third-order valence-electron chi connectivity index (χ3n) is 2.49. The zero-order valence-electron chi connectivity index (χ0n) is 9.94. The summed E-state index contributed by atoms with van der Waals surface area (Å²) in [5, 5.41) is 16.3. The molecule has 0 aliphatic rings. The number of nitrogen functional groups attached to an aromatic ring is 1. The van der Waals surface area contributed by atoms with Gasteiger partial charge in [-0.3, -0.25) is 5.41 Å². The summed E-state index contributed by atoms with van der Waals surface area (Å²) in [6, 6.07) is 5.65. The number of rotatable bonds is 3. The van der Waals surface area contributed by atoms with Gasteiger partial charge in [0.15, 0.2) is 5.16 Å². The topological polar surface area (TPSA) is 80.6 Å². The molecule has 7 heteroatoms. The van der Waals surface area contributed by atoms with E-state index in [1.807, 2.05) is 36.7 Å². The summed E-state index contributed by atoms with van der Waals surface area (Å²) in [6.45, 7) is 1.91. The zero-order chi connectivity index (χ0) is 13.3. The van der Waals surface area contributed by atoms with Gasteiger partial charge in [0.25, 0.3) is 0 Å². The zero-order valence-corrected chi connectivity index (χ0v) is 12.3. The van der Waals surface area contributed by atoms with Crippen molar-refractivity contribution in [1.82, 2.24) is 14.8 Å². The third kappa shape index (κ3) is 2.56. The highest BCUT2D eigenvalue weighted by molar-refractivity contribution is 9.10. The molecule has 0 aliphatic heterocycles. The SMILES string of the molecule is Cc1nnc(Sc2ccc(C(=N)N)c(Br)c2)n1C. The molecule has 0 bridgehead atoms. The minimum absolute atomic E-state index is 0.0490. The van der Waals surface area contributed by atoms with Gasteiger partial charge in [-0.2, -0.15) is 0 Å². The number of aryl methyl sites for hydroxylation is 1. The van der Waals surface area contributed by atoms with Gasteiger partial charge < -0.3 is 10.3 Å². The van der Waals surface area contributed by atoms with Gasteiger partial charge in [-0.25, -0.2) is 0 Å². The highest BCUT2D eigenvalue weighted by atomic mass is 79.9. The Morgan fingerprint density at radius 3 is 2.67 bits per heavy atom. The van der Waals surface area contributed by atoms with Gasteiger partial charge in [0.05, 0.1) is 0 Å².